The third-order valence-electron chi connectivity index (χ3n) is 4.60. The number of anilines is 1. The Kier molecular flexibility index (Phi) is 6.29. The highest BCUT2D eigenvalue weighted by atomic mass is 16.6. The fourth-order valence-corrected chi connectivity index (χ4v) is 3.02. The molecule has 1 aliphatic heterocycles. The summed E-state index contributed by atoms with van der Waals surface area (Å²) in [4.78, 5) is 46.4. The average Bonchev–Trinajstić information content (AvgIpc) is 2.77. The van der Waals surface area contributed by atoms with Crippen molar-refractivity contribution in [3.05, 3.63) is 58.7 Å². The van der Waals surface area contributed by atoms with E-state index in [2.05, 4.69) is 15.3 Å². The van der Waals surface area contributed by atoms with Gasteiger partial charge in [0.05, 0.1) is 17.7 Å². The molecule has 0 spiro atoms. The molecule has 0 radical (unpaired) electrons. The summed E-state index contributed by atoms with van der Waals surface area (Å²) in [7, 11) is 0. The molecule has 1 aromatic carbocycles. The number of amides is 2. The molecule has 11 nitrogen and oxygen atoms in total. The number of aliphatic hydroxyl groups is 1. The van der Waals surface area contributed by atoms with Crippen LogP contribution in [0, 0.1) is 10.1 Å². The Labute approximate surface area is 166 Å². The van der Waals surface area contributed by atoms with E-state index in [1.807, 2.05) is 4.90 Å². The molecule has 2 amide bonds. The van der Waals surface area contributed by atoms with Crippen LogP contribution >= 0.6 is 0 Å². The second kappa shape index (κ2) is 9.06. The van der Waals surface area contributed by atoms with Crippen molar-refractivity contribution >= 4 is 23.2 Å². The van der Waals surface area contributed by atoms with Crippen LogP contribution in [-0.2, 0) is 4.79 Å². The molecule has 0 saturated carbocycles. The second-order valence-electron chi connectivity index (χ2n) is 6.39. The number of carbonyl (C=O) groups excluding carboxylic acids is 2. The van der Waals surface area contributed by atoms with Crippen LogP contribution in [0.25, 0.3) is 0 Å². The predicted molar refractivity (Wildman–Crippen MR) is 102 cm³/mol. The lowest BCUT2D eigenvalue weighted by Crippen LogP contribution is -2.56. The summed E-state index contributed by atoms with van der Waals surface area (Å²) in [5, 5.41) is 22.8. The second-order valence-corrected chi connectivity index (χ2v) is 6.39. The first-order chi connectivity index (χ1) is 14.0. The van der Waals surface area contributed by atoms with Gasteiger partial charge < -0.3 is 20.2 Å². The van der Waals surface area contributed by atoms with Gasteiger partial charge in [0.2, 0.25) is 5.91 Å². The normalized spacial score (nSPS) is 14.9. The third-order valence-corrected chi connectivity index (χ3v) is 4.60. The van der Waals surface area contributed by atoms with Crippen LogP contribution in [-0.4, -0.2) is 75.5 Å². The lowest BCUT2D eigenvalue weighted by molar-refractivity contribution is -0.384. The first kappa shape index (κ1) is 20.1. The van der Waals surface area contributed by atoms with E-state index in [-0.39, 0.29) is 17.3 Å². The number of nitro benzene ring substituents is 1. The Hall–Kier alpha value is -3.60. The molecule has 11 heteroatoms. The zero-order valence-electron chi connectivity index (χ0n) is 15.5. The zero-order chi connectivity index (χ0) is 20.8. The van der Waals surface area contributed by atoms with E-state index in [1.165, 1.54) is 30.7 Å². The Bertz CT molecular complexity index is 868. The van der Waals surface area contributed by atoms with Gasteiger partial charge in [-0.2, -0.15) is 0 Å². The topological polar surface area (TPSA) is 142 Å². The highest BCUT2D eigenvalue weighted by molar-refractivity contribution is 5.96. The van der Waals surface area contributed by atoms with Crippen LogP contribution in [0.1, 0.15) is 10.5 Å². The van der Waals surface area contributed by atoms with E-state index in [1.54, 1.807) is 17.0 Å². The number of hydrogen-bond donors (Lipinski definition) is 2. The van der Waals surface area contributed by atoms with E-state index >= 15 is 0 Å². The maximum absolute atomic E-state index is 12.7. The van der Waals surface area contributed by atoms with Gasteiger partial charge in [0, 0.05) is 56.4 Å². The molecule has 1 aliphatic rings. The number of aromatic nitrogens is 2. The van der Waals surface area contributed by atoms with Crippen molar-refractivity contribution in [3.8, 4) is 0 Å². The van der Waals surface area contributed by atoms with Crippen LogP contribution in [0.3, 0.4) is 0 Å². The van der Waals surface area contributed by atoms with Crippen LogP contribution in [0.5, 0.6) is 0 Å². The average molecular weight is 400 g/mol. The molecule has 1 atom stereocenters. The first-order valence-corrected chi connectivity index (χ1v) is 8.95. The van der Waals surface area contributed by atoms with Gasteiger partial charge in [-0.1, -0.05) is 0 Å². The summed E-state index contributed by atoms with van der Waals surface area (Å²) >= 11 is 0. The molecular formula is C18H20N6O5. The highest BCUT2D eigenvalue weighted by Crippen LogP contribution is 2.20. The molecular weight excluding hydrogens is 380 g/mol. The molecule has 1 aromatic heterocycles. The summed E-state index contributed by atoms with van der Waals surface area (Å²) in [5.74, 6) is -0.969. The summed E-state index contributed by atoms with van der Waals surface area (Å²) in [6.45, 7) is 1.31. The zero-order valence-corrected chi connectivity index (χ0v) is 15.5. The summed E-state index contributed by atoms with van der Waals surface area (Å²) in [5.41, 5.74) is 0.909. The number of carbonyl (C=O) groups is 2. The van der Waals surface area contributed by atoms with Crippen molar-refractivity contribution in [1.82, 2.24) is 20.2 Å². The van der Waals surface area contributed by atoms with Crippen molar-refractivity contribution in [2.24, 2.45) is 0 Å². The largest absolute Gasteiger partial charge is 0.394 e. The van der Waals surface area contributed by atoms with Crippen molar-refractivity contribution in [3.63, 3.8) is 0 Å². The van der Waals surface area contributed by atoms with Gasteiger partial charge in [0.1, 0.15) is 11.7 Å². The van der Waals surface area contributed by atoms with Gasteiger partial charge in [0.25, 0.3) is 11.6 Å². The Morgan fingerprint density at radius 2 is 1.86 bits per heavy atom. The van der Waals surface area contributed by atoms with Gasteiger partial charge in [-0.25, -0.2) is 4.98 Å². The smallest absolute Gasteiger partial charge is 0.272 e. The minimum Gasteiger partial charge on any atom is -0.394 e. The van der Waals surface area contributed by atoms with Gasteiger partial charge >= 0.3 is 0 Å². The van der Waals surface area contributed by atoms with Crippen LogP contribution in [0.2, 0.25) is 0 Å². The van der Waals surface area contributed by atoms with Crippen molar-refractivity contribution in [2.75, 3.05) is 37.7 Å². The number of nitrogens with zero attached hydrogens (tertiary/aromatic N) is 5. The molecule has 1 fully saturated rings. The summed E-state index contributed by atoms with van der Waals surface area (Å²) < 4.78 is 0. The molecule has 1 saturated heterocycles. The van der Waals surface area contributed by atoms with Crippen LogP contribution < -0.4 is 10.2 Å². The number of nitrogens with one attached hydrogen (secondary N) is 1. The molecule has 0 bridgehead atoms. The van der Waals surface area contributed by atoms with Crippen LogP contribution in [0.4, 0.5) is 11.4 Å². The van der Waals surface area contributed by atoms with Crippen molar-refractivity contribution in [2.45, 2.75) is 6.04 Å². The maximum Gasteiger partial charge on any atom is 0.272 e. The van der Waals surface area contributed by atoms with E-state index in [0.717, 1.165) is 5.69 Å². The molecule has 152 valence electrons. The van der Waals surface area contributed by atoms with E-state index in [9.17, 15) is 24.8 Å². The Morgan fingerprint density at radius 1 is 1.17 bits per heavy atom. The fraction of sp³-hybridized carbons (Fsp3) is 0.333. The highest BCUT2D eigenvalue weighted by Gasteiger charge is 2.29. The SMILES string of the molecule is O=C(N[C@@H](CO)C(=O)N1CCN(c2ccc([N+](=O)[O-])cc2)CC1)c1cnccn1. The van der Waals surface area contributed by atoms with Crippen LogP contribution in [0.15, 0.2) is 42.9 Å². The fourth-order valence-electron chi connectivity index (χ4n) is 3.02. The predicted octanol–water partition coefficient (Wildman–Crippen LogP) is -0.176. The Morgan fingerprint density at radius 3 is 2.41 bits per heavy atom. The molecule has 0 aliphatic carbocycles. The molecule has 2 heterocycles. The molecule has 0 unspecified atom stereocenters. The third kappa shape index (κ3) is 4.82. The van der Waals surface area contributed by atoms with Crippen molar-refractivity contribution in [1.29, 1.82) is 0 Å². The number of aliphatic hydroxyl groups excluding tert-OH is 1. The molecule has 29 heavy (non-hydrogen) atoms. The van der Waals surface area contributed by atoms with Gasteiger partial charge in [-0.05, 0) is 12.1 Å². The number of hydrogen-bond acceptors (Lipinski definition) is 8. The minimum absolute atomic E-state index is 0.0206. The van der Waals surface area contributed by atoms with E-state index in [0.29, 0.717) is 26.2 Å². The number of benzene rings is 1. The number of nitro groups is 1. The van der Waals surface area contributed by atoms with Gasteiger partial charge in [-0.3, -0.25) is 24.7 Å². The van der Waals surface area contributed by atoms with E-state index in [4.69, 9.17) is 0 Å². The number of rotatable bonds is 6. The van der Waals surface area contributed by atoms with Crippen molar-refractivity contribution < 1.29 is 19.6 Å². The number of non-ortho nitro benzene ring substituents is 1. The van der Waals surface area contributed by atoms with Gasteiger partial charge in [-0.15, -0.1) is 0 Å². The minimum atomic E-state index is -1.07. The van der Waals surface area contributed by atoms with Gasteiger partial charge in [0.15, 0.2) is 0 Å². The monoisotopic (exact) mass is 400 g/mol. The quantitative estimate of drug-likeness (QED) is 0.502. The lowest BCUT2D eigenvalue weighted by Gasteiger charge is -2.37. The van der Waals surface area contributed by atoms with E-state index < -0.39 is 23.5 Å². The molecule has 3 rings (SSSR count). The summed E-state index contributed by atoms with van der Waals surface area (Å²) in [6, 6.07) is 5.16. The molecule has 2 N–H and O–H groups in total. The number of piperazine rings is 1. The summed E-state index contributed by atoms with van der Waals surface area (Å²) in [6.07, 6.45) is 4.06. The first-order valence-electron chi connectivity index (χ1n) is 8.95. The lowest BCUT2D eigenvalue weighted by atomic mass is 10.2. The standard InChI is InChI=1S/C18H20N6O5/c25-12-16(21-17(26)15-11-19-5-6-20-15)18(27)23-9-7-22(8-10-23)13-1-3-14(4-2-13)24(28)29/h1-6,11,16,25H,7-10,12H2,(H,21,26)/t16-/m0/s1. The maximum atomic E-state index is 12.7. The molecule has 2 aromatic rings. The Balaban J connectivity index is 1.56.